The van der Waals surface area contributed by atoms with Gasteiger partial charge in [0.05, 0.1) is 11.9 Å². The quantitative estimate of drug-likeness (QED) is 0.698. The van der Waals surface area contributed by atoms with Gasteiger partial charge in [0, 0.05) is 6.54 Å². The maximum absolute atomic E-state index is 13.1. The smallest absolute Gasteiger partial charge is 0.243 e. The normalized spacial score (nSPS) is 12.4. The molecule has 0 heterocycles. The summed E-state index contributed by atoms with van der Waals surface area (Å²) in [5.74, 6) is -1.25. The van der Waals surface area contributed by atoms with Crippen LogP contribution in [0.1, 0.15) is 18.9 Å². The Labute approximate surface area is 158 Å². The van der Waals surface area contributed by atoms with Gasteiger partial charge in [-0.15, -0.1) is 0 Å². The lowest BCUT2D eigenvalue weighted by molar-refractivity contribution is -0.121. The summed E-state index contributed by atoms with van der Waals surface area (Å²) < 4.78 is 51.2. The average molecular weight is 396 g/mol. The van der Waals surface area contributed by atoms with Crippen molar-refractivity contribution in [1.82, 2.24) is 5.32 Å². The Kier molecular flexibility index (Phi) is 6.90. The van der Waals surface area contributed by atoms with Gasteiger partial charge in [-0.05, 0) is 61.7 Å². The van der Waals surface area contributed by atoms with E-state index in [9.17, 15) is 22.0 Å². The van der Waals surface area contributed by atoms with Gasteiger partial charge < -0.3 is 5.32 Å². The summed E-state index contributed by atoms with van der Waals surface area (Å²) in [6.45, 7) is 1.82. The van der Waals surface area contributed by atoms with Crippen LogP contribution in [0.5, 0.6) is 0 Å². The first-order chi connectivity index (χ1) is 12.7. The summed E-state index contributed by atoms with van der Waals surface area (Å²) in [5.41, 5.74) is 1.16. The highest BCUT2D eigenvalue weighted by molar-refractivity contribution is 7.92. The third-order valence-electron chi connectivity index (χ3n) is 4.02. The molecular weight excluding hydrogens is 374 g/mol. The number of sulfonamides is 1. The fraction of sp³-hybridized carbons (Fsp3) is 0.316. The minimum absolute atomic E-state index is 0.216. The fourth-order valence-corrected chi connectivity index (χ4v) is 3.87. The van der Waals surface area contributed by atoms with Crippen LogP contribution >= 0.6 is 0 Å². The van der Waals surface area contributed by atoms with Gasteiger partial charge in [-0.1, -0.05) is 12.1 Å². The van der Waals surface area contributed by atoms with Gasteiger partial charge in [0.1, 0.15) is 17.7 Å². The lowest BCUT2D eigenvalue weighted by atomic mass is 10.1. The van der Waals surface area contributed by atoms with Crippen LogP contribution in [-0.4, -0.2) is 33.2 Å². The molecule has 0 unspecified atom stereocenters. The first-order valence-corrected chi connectivity index (χ1v) is 10.3. The number of anilines is 1. The molecule has 27 heavy (non-hydrogen) atoms. The minimum atomic E-state index is -3.74. The van der Waals surface area contributed by atoms with Crippen molar-refractivity contribution in [2.75, 3.05) is 17.1 Å². The number of nitrogens with one attached hydrogen (secondary N) is 1. The van der Waals surface area contributed by atoms with Gasteiger partial charge in [-0.3, -0.25) is 9.10 Å². The van der Waals surface area contributed by atoms with Gasteiger partial charge in [-0.25, -0.2) is 17.2 Å². The van der Waals surface area contributed by atoms with E-state index in [1.54, 1.807) is 12.1 Å². The Balaban J connectivity index is 1.96. The van der Waals surface area contributed by atoms with Gasteiger partial charge in [0.25, 0.3) is 0 Å². The highest BCUT2D eigenvalue weighted by Gasteiger charge is 2.28. The van der Waals surface area contributed by atoms with Gasteiger partial charge in [-0.2, -0.15) is 0 Å². The van der Waals surface area contributed by atoms with E-state index in [0.717, 1.165) is 28.3 Å². The second-order valence-electron chi connectivity index (χ2n) is 6.23. The van der Waals surface area contributed by atoms with Crippen LogP contribution in [0.15, 0.2) is 48.5 Å². The molecular formula is C19H22F2N2O3S. The second kappa shape index (κ2) is 8.94. The number of hydrogen-bond acceptors (Lipinski definition) is 3. The van der Waals surface area contributed by atoms with Crippen LogP contribution in [0.3, 0.4) is 0 Å². The average Bonchev–Trinajstić information content (AvgIpc) is 2.60. The SMILES string of the molecule is C[C@H](C(=O)NCCCc1ccc(F)cc1)N(c1ccc(F)cc1)S(C)(=O)=O. The van der Waals surface area contributed by atoms with E-state index >= 15 is 0 Å². The van der Waals surface area contributed by atoms with Crippen molar-refractivity contribution < 1.29 is 22.0 Å². The van der Waals surface area contributed by atoms with Crippen molar-refractivity contribution in [2.45, 2.75) is 25.8 Å². The molecule has 5 nitrogen and oxygen atoms in total. The number of carbonyl (C=O) groups is 1. The second-order valence-corrected chi connectivity index (χ2v) is 8.09. The van der Waals surface area contributed by atoms with Crippen LogP contribution in [-0.2, 0) is 21.2 Å². The van der Waals surface area contributed by atoms with Gasteiger partial charge in [0.2, 0.25) is 15.9 Å². The summed E-state index contributed by atoms with van der Waals surface area (Å²) in [6.07, 6.45) is 2.27. The molecule has 8 heteroatoms. The summed E-state index contributed by atoms with van der Waals surface area (Å²) in [7, 11) is -3.74. The zero-order chi connectivity index (χ0) is 20.0. The molecule has 146 valence electrons. The van der Waals surface area contributed by atoms with E-state index in [1.165, 1.54) is 31.2 Å². The number of amides is 1. The van der Waals surface area contributed by atoms with E-state index in [0.29, 0.717) is 19.4 Å². The Morgan fingerprint density at radius 1 is 1.04 bits per heavy atom. The van der Waals surface area contributed by atoms with Crippen LogP contribution in [0.25, 0.3) is 0 Å². The Hall–Kier alpha value is -2.48. The largest absolute Gasteiger partial charge is 0.354 e. The molecule has 0 radical (unpaired) electrons. The lowest BCUT2D eigenvalue weighted by Crippen LogP contribution is -2.48. The molecule has 2 aromatic rings. The topological polar surface area (TPSA) is 66.5 Å². The first-order valence-electron chi connectivity index (χ1n) is 8.45. The van der Waals surface area contributed by atoms with Crippen LogP contribution in [0, 0.1) is 11.6 Å². The van der Waals surface area contributed by atoms with Crippen LogP contribution in [0.2, 0.25) is 0 Å². The number of benzene rings is 2. The molecule has 1 atom stereocenters. The number of halogens is 2. The summed E-state index contributed by atoms with van der Waals surface area (Å²) in [5, 5.41) is 2.70. The van der Waals surface area contributed by atoms with Crippen molar-refractivity contribution in [3.05, 3.63) is 65.7 Å². The Bertz CT molecular complexity index is 869. The third kappa shape index (κ3) is 6.02. The molecule has 0 aliphatic heterocycles. The Morgan fingerprint density at radius 3 is 2.07 bits per heavy atom. The van der Waals surface area contributed by atoms with Gasteiger partial charge in [0.15, 0.2) is 0 Å². The van der Waals surface area contributed by atoms with Gasteiger partial charge >= 0.3 is 0 Å². The maximum Gasteiger partial charge on any atom is 0.243 e. The molecule has 0 aliphatic carbocycles. The molecule has 0 saturated carbocycles. The number of hydrogen-bond donors (Lipinski definition) is 1. The zero-order valence-corrected chi connectivity index (χ0v) is 16.0. The molecule has 0 bridgehead atoms. The van der Waals surface area contributed by atoms with E-state index in [2.05, 4.69) is 5.32 Å². The standard InChI is InChI=1S/C19H22F2N2O3S/c1-14(23(27(2,25)26)18-11-9-17(21)10-12-18)19(24)22-13-3-4-15-5-7-16(20)8-6-15/h5-12,14H,3-4,13H2,1-2H3,(H,22,24)/t14-/m1/s1. The molecule has 2 aromatic carbocycles. The van der Waals surface area contributed by atoms with Crippen LogP contribution < -0.4 is 9.62 Å². The fourth-order valence-electron chi connectivity index (χ4n) is 2.70. The summed E-state index contributed by atoms with van der Waals surface area (Å²) in [6, 6.07) is 10.0. The predicted octanol–water partition coefficient (Wildman–Crippen LogP) is 2.87. The number of nitrogens with zero attached hydrogens (tertiary/aromatic N) is 1. The molecule has 0 aromatic heterocycles. The summed E-state index contributed by atoms with van der Waals surface area (Å²) in [4.78, 5) is 12.4. The van der Waals surface area contributed by atoms with Crippen molar-refractivity contribution >= 4 is 21.6 Å². The number of rotatable bonds is 8. The number of carbonyl (C=O) groups excluding carboxylic acids is 1. The van der Waals surface area contributed by atoms with E-state index in [4.69, 9.17) is 0 Å². The van der Waals surface area contributed by atoms with Crippen molar-refractivity contribution in [3.8, 4) is 0 Å². The van der Waals surface area contributed by atoms with Crippen molar-refractivity contribution in [1.29, 1.82) is 0 Å². The molecule has 1 amide bonds. The minimum Gasteiger partial charge on any atom is -0.354 e. The molecule has 0 fully saturated rings. The van der Waals surface area contributed by atoms with Crippen LogP contribution in [0.4, 0.5) is 14.5 Å². The lowest BCUT2D eigenvalue weighted by Gasteiger charge is -2.28. The van der Waals surface area contributed by atoms with E-state index < -0.39 is 27.8 Å². The predicted molar refractivity (Wildman–Crippen MR) is 101 cm³/mol. The highest BCUT2D eigenvalue weighted by Crippen LogP contribution is 2.21. The monoisotopic (exact) mass is 396 g/mol. The maximum atomic E-state index is 13.1. The zero-order valence-electron chi connectivity index (χ0n) is 15.2. The molecule has 2 rings (SSSR count). The number of aryl methyl sites for hydroxylation is 1. The van der Waals surface area contributed by atoms with E-state index in [1.807, 2.05) is 0 Å². The third-order valence-corrected chi connectivity index (χ3v) is 5.27. The molecule has 0 spiro atoms. The Morgan fingerprint density at radius 2 is 1.56 bits per heavy atom. The van der Waals surface area contributed by atoms with E-state index in [-0.39, 0.29) is 11.5 Å². The molecule has 0 aliphatic rings. The molecule has 1 N–H and O–H groups in total. The molecule has 0 saturated heterocycles. The van der Waals surface area contributed by atoms with Crippen molar-refractivity contribution in [3.63, 3.8) is 0 Å². The van der Waals surface area contributed by atoms with Crippen molar-refractivity contribution in [2.24, 2.45) is 0 Å². The highest BCUT2D eigenvalue weighted by atomic mass is 32.2. The summed E-state index contributed by atoms with van der Waals surface area (Å²) >= 11 is 0. The first kappa shape index (κ1) is 20.8.